The van der Waals surface area contributed by atoms with E-state index in [1.807, 2.05) is 24.3 Å². The summed E-state index contributed by atoms with van der Waals surface area (Å²) in [7, 11) is 0. The molecule has 2 N–H and O–H groups in total. The lowest BCUT2D eigenvalue weighted by Gasteiger charge is -2.32. The van der Waals surface area contributed by atoms with Gasteiger partial charge in [0.15, 0.2) is 0 Å². The van der Waals surface area contributed by atoms with Crippen molar-refractivity contribution in [1.29, 1.82) is 0 Å². The maximum Gasteiger partial charge on any atom is 0.148 e. The molecule has 1 aromatic heterocycles. The lowest BCUT2D eigenvalue weighted by molar-refractivity contribution is 0.325. The molecule has 1 aromatic carbocycles. The van der Waals surface area contributed by atoms with Crippen molar-refractivity contribution in [3.63, 3.8) is 0 Å². The fraction of sp³-hybridized carbons (Fsp3) is 0.591. The summed E-state index contributed by atoms with van der Waals surface area (Å²) in [5, 5.41) is 0. The molecule has 2 nitrogen and oxygen atoms in total. The number of thiazole rings is 1. The molecule has 26 heavy (non-hydrogen) atoms. The second kappa shape index (κ2) is 10.5. The van der Waals surface area contributed by atoms with Crippen LogP contribution in [0.25, 0.3) is 10.2 Å². The Bertz CT molecular complexity index is 642. The number of para-hydroxylation sites is 1. The molecule has 2 fully saturated rings. The van der Waals surface area contributed by atoms with E-state index in [4.69, 9.17) is 5.73 Å². The third-order valence-electron chi connectivity index (χ3n) is 5.79. The number of fused-ring (bicyclic) bond motifs is 1. The van der Waals surface area contributed by atoms with Gasteiger partial charge in [-0.1, -0.05) is 62.3 Å². The van der Waals surface area contributed by atoms with Crippen molar-refractivity contribution in [2.45, 2.75) is 68.5 Å². The highest BCUT2D eigenvalue weighted by Gasteiger charge is 2.25. The summed E-state index contributed by atoms with van der Waals surface area (Å²) in [6.45, 7) is 0.752. The number of nitrogens with zero attached hydrogens (tertiary/aromatic N) is 1. The molecule has 4 rings (SSSR count). The van der Waals surface area contributed by atoms with Gasteiger partial charge in [-0.25, -0.2) is 4.98 Å². The van der Waals surface area contributed by atoms with E-state index in [9.17, 15) is 0 Å². The summed E-state index contributed by atoms with van der Waals surface area (Å²) in [6.07, 6.45) is 16.8. The Kier molecular flexibility index (Phi) is 8.03. The predicted molar refractivity (Wildman–Crippen MR) is 117 cm³/mol. The van der Waals surface area contributed by atoms with E-state index < -0.39 is 0 Å². The SMILES string of the molecule is NCC=C(C1CCCCC1)C1CCCCC1.Sc1nc2ccccc2s1. The van der Waals surface area contributed by atoms with Crippen LogP contribution in [-0.2, 0) is 0 Å². The first kappa shape index (κ1) is 19.9. The largest absolute Gasteiger partial charge is 0.327 e. The Labute approximate surface area is 167 Å². The Balaban J connectivity index is 0.000000167. The predicted octanol–water partition coefficient (Wildman–Crippen LogP) is 6.62. The quantitative estimate of drug-likeness (QED) is 0.458. The molecule has 2 aromatic rings. The third kappa shape index (κ3) is 5.58. The Morgan fingerprint density at radius 2 is 1.58 bits per heavy atom. The zero-order chi connectivity index (χ0) is 18.2. The number of rotatable bonds is 3. The van der Waals surface area contributed by atoms with Gasteiger partial charge in [0, 0.05) is 6.54 Å². The van der Waals surface area contributed by atoms with Crippen LogP contribution in [0.1, 0.15) is 64.2 Å². The van der Waals surface area contributed by atoms with E-state index in [1.54, 1.807) is 16.9 Å². The monoisotopic (exact) mass is 388 g/mol. The van der Waals surface area contributed by atoms with E-state index in [2.05, 4.69) is 23.7 Å². The minimum atomic E-state index is 0.752. The zero-order valence-electron chi connectivity index (χ0n) is 15.7. The van der Waals surface area contributed by atoms with Crippen molar-refractivity contribution in [2.24, 2.45) is 17.6 Å². The van der Waals surface area contributed by atoms with E-state index in [1.165, 1.54) is 68.9 Å². The molecule has 0 amide bonds. The van der Waals surface area contributed by atoms with Crippen LogP contribution in [0.15, 0.2) is 40.3 Å². The van der Waals surface area contributed by atoms with Gasteiger partial charge in [0.25, 0.3) is 0 Å². The second-order valence-electron chi connectivity index (χ2n) is 7.57. The minimum Gasteiger partial charge on any atom is -0.327 e. The Morgan fingerprint density at radius 1 is 1.00 bits per heavy atom. The summed E-state index contributed by atoms with van der Waals surface area (Å²) in [4.78, 5) is 4.20. The van der Waals surface area contributed by atoms with Gasteiger partial charge < -0.3 is 5.73 Å². The molecule has 0 bridgehead atoms. The molecule has 0 saturated heterocycles. The van der Waals surface area contributed by atoms with Gasteiger partial charge in [-0.15, -0.1) is 24.0 Å². The Hall–Kier alpha value is -0.840. The zero-order valence-corrected chi connectivity index (χ0v) is 17.4. The van der Waals surface area contributed by atoms with E-state index in [0.717, 1.165) is 28.2 Å². The van der Waals surface area contributed by atoms with Crippen molar-refractivity contribution in [2.75, 3.05) is 6.54 Å². The normalized spacial score (nSPS) is 19.0. The molecule has 142 valence electrons. The fourth-order valence-electron chi connectivity index (χ4n) is 4.53. The highest BCUT2D eigenvalue weighted by atomic mass is 32.2. The molecular weight excluding hydrogens is 356 g/mol. The van der Waals surface area contributed by atoms with Crippen LogP contribution in [-0.4, -0.2) is 11.5 Å². The fourth-order valence-corrected chi connectivity index (χ4v) is 5.64. The number of hydrogen-bond acceptors (Lipinski definition) is 4. The lowest BCUT2D eigenvalue weighted by atomic mass is 9.73. The molecule has 1 heterocycles. The highest BCUT2D eigenvalue weighted by molar-refractivity contribution is 7.82. The van der Waals surface area contributed by atoms with E-state index in [-0.39, 0.29) is 0 Å². The standard InChI is InChI=1S/C15H27N.C7H5NS2/c16-12-11-15(13-7-3-1-4-8-13)14-9-5-2-6-10-14;9-7-8-5-3-1-2-4-6(5)10-7/h11,13-14H,1-10,12,16H2;1-4H,(H,8,9). The maximum absolute atomic E-state index is 5.77. The molecule has 0 atom stereocenters. The molecule has 2 aliphatic rings. The van der Waals surface area contributed by atoms with Gasteiger partial charge in [-0.05, 0) is 49.7 Å². The number of hydrogen-bond donors (Lipinski definition) is 2. The second-order valence-corrected chi connectivity index (χ2v) is 9.33. The van der Waals surface area contributed by atoms with Crippen molar-refractivity contribution in [1.82, 2.24) is 4.98 Å². The molecule has 4 heteroatoms. The first-order chi connectivity index (χ1) is 12.8. The van der Waals surface area contributed by atoms with Gasteiger partial charge in [0.1, 0.15) is 4.34 Å². The van der Waals surface area contributed by atoms with Crippen LogP contribution in [0, 0.1) is 11.8 Å². The first-order valence-corrected chi connectivity index (χ1v) is 11.5. The summed E-state index contributed by atoms with van der Waals surface area (Å²) in [5.41, 5.74) is 8.56. The lowest BCUT2D eigenvalue weighted by Crippen LogP contribution is -2.19. The smallest absolute Gasteiger partial charge is 0.148 e. The average Bonchev–Trinajstić information content (AvgIpc) is 3.08. The topological polar surface area (TPSA) is 38.9 Å². The van der Waals surface area contributed by atoms with Crippen molar-refractivity contribution < 1.29 is 0 Å². The first-order valence-electron chi connectivity index (χ1n) is 10.2. The van der Waals surface area contributed by atoms with Gasteiger partial charge in [-0.3, -0.25) is 0 Å². The van der Waals surface area contributed by atoms with Gasteiger partial charge in [-0.2, -0.15) is 0 Å². The summed E-state index contributed by atoms with van der Waals surface area (Å²) >= 11 is 5.76. The Morgan fingerprint density at radius 3 is 2.12 bits per heavy atom. The van der Waals surface area contributed by atoms with Crippen LogP contribution < -0.4 is 5.73 Å². The van der Waals surface area contributed by atoms with Crippen molar-refractivity contribution >= 4 is 34.2 Å². The molecule has 0 aliphatic heterocycles. The number of nitrogens with two attached hydrogens (primary N) is 1. The highest BCUT2D eigenvalue weighted by Crippen LogP contribution is 2.39. The van der Waals surface area contributed by atoms with Gasteiger partial charge >= 0.3 is 0 Å². The van der Waals surface area contributed by atoms with Crippen LogP contribution in [0.5, 0.6) is 0 Å². The molecular formula is C22H32N2S2. The molecule has 2 aliphatic carbocycles. The van der Waals surface area contributed by atoms with Crippen molar-refractivity contribution in [3.05, 3.63) is 35.9 Å². The molecule has 0 spiro atoms. The minimum absolute atomic E-state index is 0.752. The number of aromatic nitrogens is 1. The number of benzene rings is 1. The van der Waals surface area contributed by atoms with E-state index >= 15 is 0 Å². The molecule has 0 radical (unpaired) electrons. The number of allylic oxidation sites excluding steroid dienone is 1. The third-order valence-corrected chi connectivity index (χ3v) is 7.00. The summed E-state index contributed by atoms with van der Waals surface area (Å²) < 4.78 is 2.04. The van der Waals surface area contributed by atoms with Crippen LogP contribution in [0.4, 0.5) is 0 Å². The van der Waals surface area contributed by atoms with Crippen LogP contribution >= 0.6 is 24.0 Å². The van der Waals surface area contributed by atoms with Gasteiger partial charge in [0.2, 0.25) is 0 Å². The molecule has 2 saturated carbocycles. The average molecular weight is 389 g/mol. The van der Waals surface area contributed by atoms with Crippen LogP contribution in [0.2, 0.25) is 0 Å². The summed E-state index contributed by atoms with van der Waals surface area (Å²) in [6, 6.07) is 8.03. The number of thiol groups is 1. The van der Waals surface area contributed by atoms with E-state index in [0.29, 0.717) is 0 Å². The van der Waals surface area contributed by atoms with Crippen molar-refractivity contribution in [3.8, 4) is 0 Å². The maximum atomic E-state index is 5.77. The van der Waals surface area contributed by atoms with Gasteiger partial charge in [0.05, 0.1) is 10.2 Å². The molecule has 0 unspecified atom stereocenters. The summed E-state index contributed by atoms with van der Waals surface area (Å²) in [5.74, 6) is 1.78. The van der Waals surface area contributed by atoms with Crippen LogP contribution in [0.3, 0.4) is 0 Å².